The summed E-state index contributed by atoms with van der Waals surface area (Å²) in [6.07, 6.45) is 11.4. The molecule has 0 radical (unpaired) electrons. The first-order chi connectivity index (χ1) is 14.2. The zero-order valence-electron chi connectivity index (χ0n) is 15.9. The molecule has 0 amide bonds. The second-order valence-corrected chi connectivity index (χ2v) is 7.23. The van der Waals surface area contributed by atoms with Crippen LogP contribution in [0.2, 0.25) is 0 Å². The lowest BCUT2D eigenvalue weighted by Gasteiger charge is -2.25. The highest BCUT2D eigenvalue weighted by atomic mass is 32.1. The van der Waals surface area contributed by atoms with E-state index >= 15 is 0 Å². The zero-order chi connectivity index (χ0) is 20.6. The Bertz CT molecular complexity index is 1030. The first kappa shape index (κ1) is 20.1. The predicted molar refractivity (Wildman–Crippen MR) is 121 cm³/mol. The lowest BCUT2D eigenvalue weighted by molar-refractivity contribution is 0.111. The van der Waals surface area contributed by atoms with Gasteiger partial charge >= 0.3 is 0 Å². The minimum Gasteiger partial charge on any atom is -0.303 e. The summed E-state index contributed by atoms with van der Waals surface area (Å²) in [5, 5.41) is 2.04. The number of aldehydes is 2. The Morgan fingerprint density at radius 2 is 1.45 bits per heavy atom. The summed E-state index contributed by atoms with van der Waals surface area (Å²) in [4.78, 5) is 25.1. The number of benzene rings is 2. The molecule has 0 atom stereocenters. The topological polar surface area (TPSA) is 37.4 Å². The van der Waals surface area contributed by atoms with Gasteiger partial charge in [0, 0.05) is 27.4 Å². The molecular formula is C25H19NO2S. The molecule has 1 aromatic heterocycles. The van der Waals surface area contributed by atoms with Crippen molar-refractivity contribution in [2.45, 2.75) is 6.92 Å². The molecule has 2 aromatic carbocycles. The molecule has 29 heavy (non-hydrogen) atoms. The standard InChI is InChI=1S/C25H19NO2S/c1-3-22(11-6-19(2)25-5-4-16-29-25)26(23-12-7-20(17-27)8-13-23)24-14-9-21(18-28)10-15-24/h1,4-18H,2H3/b19-6+,22-11+. The zero-order valence-corrected chi connectivity index (χ0v) is 16.7. The molecule has 3 nitrogen and oxygen atoms in total. The maximum Gasteiger partial charge on any atom is 0.150 e. The van der Waals surface area contributed by atoms with E-state index in [1.54, 1.807) is 35.6 Å². The van der Waals surface area contributed by atoms with E-state index in [1.807, 2.05) is 59.7 Å². The van der Waals surface area contributed by atoms with Gasteiger partial charge in [0.15, 0.2) is 0 Å². The number of hydrogen-bond acceptors (Lipinski definition) is 4. The van der Waals surface area contributed by atoms with Crippen LogP contribution in [0.25, 0.3) is 5.57 Å². The van der Waals surface area contributed by atoms with Crippen molar-refractivity contribution in [3.05, 3.63) is 99.9 Å². The summed E-state index contributed by atoms with van der Waals surface area (Å²) in [6.45, 7) is 2.04. The van der Waals surface area contributed by atoms with Crippen LogP contribution >= 0.6 is 11.3 Å². The average Bonchev–Trinajstić information content (AvgIpc) is 3.32. The SMILES string of the molecule is C#C/C(=C\C=C(/C)c1cccs1)N(c1ccc(C=O)cc1)c1ccc(C=O)cc1. The van der Waals surface area contributed by atoms with Crippen LogP contribution in [0.1, 0.15) is 32.5 Å². The molecule has 0 N–H and O–H groups in total. The van der Waals surface area contributed by atoms with Gasteiger partial charge in [0.1, 0.15) is 12.6 Å². The number of nitrogens with zero attached hydrogens (tertiary/aromatic N) is 1. The Kier molecular flexibility index (Phi) is 6.57. The second kappa shape index (κ2) is 9.50. The number of carbonyl (C=O) groups is 2. The Morgan fingerprint density at radius 3 is 1.86 bits per heavy atom. The fourth-order valence-corrected chi connectivity index (χ4v) is 3.52. The van der Waals surface area contributed by atoms with Crippen molar-refractivity contribution in [2.75, 3.05) is 4.90 Å². The highest BCUT2D eigenvalue weighted by molar-refractivity contribution is 7.11. The molecule has 0 bridgehead atoms. The summed E-state index contributed by atoms with van der Waals surface area (Å²) in [7, 11) is 0. The van der Waals surface area contributed by atoms with Crippen molar-refractivity contribution in [1.82, 2.24) is 0 Å². The molecule has 0 aliphatic rings. The number of thiophene rings is 1. The predicted octanol–water partition coefficient (Wildman–Crippen LogP) is 6.13. The Hall–Kier alpha value is -3.68. The van der Waals surface area contributed by atoms with Crippen molar-refractivity contribution in [3.63, 3.8) is 0 Å². The maximum absolute atomic E-state index is 11.0. The van der Waals surface area contributed by atoms with E-state index in [2.05, 4.69) is 12.0 Å². The van der Waals surface area contributed by atoms with E-state index in [4.69, 9.17) is 6.42 Å². The van der Waals surface area contributed by atoms with Crippen molar-refractivity contribution < 1.29 is 9.59 Å². The van der Waals surface area contributed by atoms with Gasteiger partial charge in [0.2, 0.25) is 0 Å². The second-order valence-electron chi connectivity index (χ2n) is 6.28. The van der Waals surface area contributed by atoms with Crippen LogP contribution in [-0.2, 0) is 0 Å². The first-order valence-electron chi connectivity index (χ1n) is 8.96. The highest BCUT2D eigenvalue weighted by Gasteiger charge is 2.13. The largest absolute Gasteiger partial charge is 0.303 e. The van der Waals surface area contributed by atoms with Gasteiger partial charge in [-0.25, -0.2) is 0 Å². The third-order valence-corrected chi connectivity index (χ3v) is 5.37. The van der Waals surface area contributed by atoms with Crippen molar-refractivity contribution in [2.24, 2.45) is 0 Å². The minimum absolute atomic E-state index is 0.588. The average molecular weight is 397 g/mol. The molecule has 0 aliphatic heterocycles. The fraction of sp³-hybridized carbons (Fsp3) is 0.0400. The third-order valence-electron chi connectivity index (χ3n) is 4.36. The Labute approximate surface area is 174 Å². The fourth-order valence-electron chi connectivity index (χ4n) is 2.81. The molecule has 142 valence electrons. The van der Waals surface area contributed by atoms with Crippen LogP contribution < -0.4 is 4.90 Å². The smallest absolute Gasteiger partial charge is 0.150 e. The van der Waals surface area contributed by atoms with Gasteiger partial charge in [-0.15, -0.1) is 17.8 Å². The van der Waals surface area contributed by atoms with Gasteiger partial charge < -0.3 is 4.90 Å². The van der Waals surface area contributed by atoms with E-state index < -0.39 is 0 Å². The number of carbonyl (C=O) groups excluding carboxylic acids is 2. The van der Waals surface area contributed by atoms with Crippen molar-refractivity contribution in [3.8, 4) is 12.3 Å². The molecule has 4 heteroatoms. The van der Waals surface area contributed by atoms with Gasteiger partial charge in [0.25, 0.3) is 0 Å². The Morgan fingerprint density at radius 1 is 0.897 bits per heavy atom. The molecule has 1 heterocycles. The van der Waals surface area contributed by atoms with Crippen LogP contribution in [0.15, 0.2) is 83.9 Å². The van der Waals surface area contributed by atoms with E-state index in [0.29, 0.717) is 16.8 Å². The van der Waals surface area contributed by atoms with Gasteiger partial charge in [-0.2, -0.15) is 0 Å². The van der Waals surface area contributed by atoms with E-state index in [0.717, 1.165) is 29.5 Å². The number of hydrogen-bond donors (Lipinski definition) is 0. The summed E-state index contributed by atoms with van der Waals surface area (Å²) in [6, 6.07) is 18.4. The summed E-state index contributed by atoms with van der Waals surface area (Å²) < 4.78 is 0. The molecule has 0 aliphatic carbocycles. The van der Waals surface area contributed by atoms with Crippen molar-refractivity contribution >= 4 is 40.9 Å². The summed E-state index contributed by atoms with van der Waals surface area (Å²) >= 11 is 1.67. The molecular weight excluding hydrogens is 378 g/mol. The highest BCUT2D eigenvalue weighted by Crippen LogP contribution is 2.30. The Balaban J connectivity index is 2.07. The molecule has 0 saturated heterocycles. The molecule has 0 unspecified atom stereocenters. The van der Waals surface area contributed by atoms with Gasteiger partial charge in [-0.1, -0.05) is 18.1 Å². The molecule has 0 fully saturated rings. The monoisotopic (exact) mass is 397 g/mol. The normalized spacial score (nSPS) is 11.6. The van der Waals surface area contributed by atoms with E-state index in [1.165, 1.54) is 4.88 Å². The van der Waals surface area contributed by atoms with Crippen molar-refractivity contribution in [1.29, 1.82) is 0 Å². The molecule has 3 rings (SSSR count). The lowest BCUT2D eigenvalue weighted by Crippen LogP contribution is -2.15. The van der Waals surface area contributed by atoms with E-state index in [9.17, 15) is 9.59 Å². The van der Waals surface area contributed by atoms with Crippen LogP contribution in [-0.4, -0.2) is 12.6 Å². The molecule has 3 aromatic rings. The van der Waals surface area contributed by atoms with Gasteiger partial charge in [-0.3, -0.25) is 9.59 Å². The van der Waals surface area contributed by atoms with Gasteiger partial charge in [-0.05, 0) is 78.6 Å². The first-order valence-corrected chi connectivity index (χ1v) is 9.84. The number of anilines is 2. The van der Waals surface area contributed by atoms with Crippen LogP contribution in [0.4, 0.5) is 11.4 Å². The summed E-state index contributed by atoms with van der Waals surface area (Å²) in [5.74, 6) is 2.76. The number of rotatable bonds is 7. The lowest BCUT2D eigenvalue weighted by atomic mass is 10.1. The number of terminal acetylenes is 1. The molecule has 0 spiro atoms. The number of allylic oxidation sites excluding steroid dienone is 4. The third kappa shape index (κ3) is 4.78. The van der Waals surface area contributed by atoms with E-state index in [-0.39, 0.29) is 0 Å². The van der Waals surface area contributed by atoms with Crippen LogP contribution in [0.3, 0.4) is 0 Å². The van der Waals surface area contributed by atoms with Crippen LogP contribution in [0.5, 0.6) is 0 Å². The quantitative estimate of drug-likeness (QED) is 0.273. The van der Waals surface area contributed by atoms with Crippen LogP contribution in [0, 0.1) is 12.3 Å². The maximum atomic E-state index is 11.0. The summed E-state index contributed by atoms with van der Waals surface area (Å²) in [5.41, 5.74) is 4.56. The van der Waals surface area contributed by atoms with Gasteiger partial charge in [0.05, 0.1) is 5.70 Å². The minimum atomic E-state index is 0.588. The molecule has 0 saturated carbocycles.